The van der Waals surface area contributed by atoms with E-state index in [1.54, 1.807) is 31.2 Å². The number of carbonyl (C=O) groups is 1. The Bertz CT molecular complexity index is 1290. The fourth-order valence-electron chi connectivity index (χ4n) is 3.15. The Labute approximate surface area is 168 Å². The summed E-state index contributed by atoms with van der Waals surface area (Å²) in [7, 11) is -3.40. The van der Waals surface area contributed by atoms with Gasteiger partial charge in [-0.1, -0.05) is 18.2 Å². The van der Waals surface area contributed by atoms with Gasteiger partial charge in [0.25, 0.3) is 5.91 Å². The Balaban J connectivity index is 1.55. The van der Waals surface area contributed by atoms with E-state index in [9.17, 15) is 13.2 Å². The van der Waals surface area contributed by atoms with Crippen LogP contribution in [0.2, 0.25) is 0 Å². The molecule has 4 aromatic rings. The van der Waals surface area contributed by atoms with Gasteiger partial charge in [-0.25, -0.2) is 13.4 Å². The minimum absolute atomic E-state index is 0.158. The Morgan fingerprint density at radius 3 is 2.41 bits per heavy atom. The largest absolute Gasteiger partial charge is 0.338 e. The molecule has 0 saturated carbocycles. The van der Waals surface area contributed by atoms with Crippen molar-refractivity contribution in [3.63, 3.8) is 0 Å². The number of hydrogen-bond acceptors (Lipinski definition) is 4. The molecule has 0 aliphatic heterocycles. The van der Waals surface area contributed by atoms with Gasteiger partial charge in [-0.15, -0.1) is 0 Å². The monoisotopic (exact) mass is 405 g/mol. The molecule has 1 aromatic heterocycles. The molecule has 4 rings (SSSR count). The third-order valence-electron chi connectivity index (χ3n) is 4.66. The van der Waals surface area contributed by atoms with Gasteiger partial charge >= 0.3 is 0 Å². The molecule has 0 aliphatic rings. The first-order chi connectivity index (χ1) is 13.8. The maximum Gasteiger partial charge on any atom is 0.255 e. The van der Waals surface area contributed by atoms with Gasteiger partial charge in [0, 0.05) is 23.1 Å². The number of rotatable bonds is 4. The van der Waals surface area contributed by atoms with E-state index in [0.29, 0.717) is 11.3 Å². The van der Waals surface area contributed by atoms with Crippen LogP contribution in [0, 0.1) is 6.92 Å². The molecule has 146 valence electrons. The molecule has 0 saturated heterocycles. The van der Waals surface area contributed by atoms with Crippen LogP contribution in [0.3, 0.4) is 0 Å². The van der Waals surface area contributed by atoms with Crippen molar-refractivity contribution in [2.24, 2.45) is 0 Å². The average Bonchev–Trinajstić information content (AvgIpc) is 3.12. The van der Waals surface area contributed by atoms with E-state index in [1.165, 1.54) is 6.07 Å². The molecule has 6 nitrogen and oxygen atoms in total. The number of anilines is 1. The summed E-state index contributed by atoms with van der Waals surface area (Å²) in [5.41, 5.74) is 4.25. The SMILES string of the molecule is Cc1ccc(C(=O)Nc2ccc(-c3nc4ccccc4[nH]3)cc2)cc1S(C)(=O)=O. The van der Waals surface area contributed by atoms with Gasteiger partial charge in [-0.3, -0.25) is 4.79 Å². The predicted molar refractivity (Wildman–Crippen MR) is 114 cm³/mol. The molecule has 1 heterocycles. The maximum atomic E-state index is 12.6. The van der Waals surface area contributed by atoms with E-state index >= 15 is 0 Å². The molecule has 3 aromatic carbocycles. The summed E-state index contributed by atoms with van der Waals surface area (Å²) in [5.74, 6) is 0.381. The lowest BCUT2D eigenvalue weighted by Crippen LogP contribution is -2.13. The quantitative estimate of drug-likeness (QED) is 0.532. The summed E-state index contributed by atoms with van der Waals surface area (Å²) in [6, 6.07) is 19.7. The number of fused-ring (bicyclic) bond motifs is 1. The number of benzene rings is 3. The lowest BCUT2D eigenvalue weighted by Gasteiger charge is -2.09. The Morgan fingerprint density at radius 2 is 1.72 bits per heavy atom. The molecule has 0 spiro atoms. The van der Waals surface area contributed by atoms with Crippen molar-refractivity contribution in [3.8, 4) is 11.4 Å². The highest BCUT2D eigenvalue weighted by Gasteiger charge is 2.15. The van der Waals surface area contributed by atoms with Crippen LogP contribution in [0.15, 0.2) is 71.6 Å². The summed E-state index contributed by atoms with van der Waals surface area (Å²) >= 11 is 0. The molecule has 0 atom stereocenters. The van der Waals surface area contributed by atoms with Crippen molar-refractivity contribution < 1.29 is 13.2 Å². The Kier molecular flexibility index (Phi) is 4.68. The van der Waals surface area contributed by atoms with Gasteiger partial charge < -0.3 is 10.3 Å². The zero-order valence-electron chi connectivity index (χ0n) is 15.9. The molecule has 0 radical (unpaired) electrons. The first-order valence-electron chi connectivity index (χ1n) is 8.98. The standard InChI is InChI=1S/C22H19N3O3S/c1-14-7-8-16(13-20(14)29(2,27)28)22(26)23-17-11-9-15(10-12-17)21-24-18-5-3-4-6-19(18)25-21/h3-13H,1-2H3,(H,23,26)(H,24,25). The van der Waals surface area contributed by atoms with E-state index in [1.807, 2.05) is 36.4 Å². The van der Waals surface area contributed by atoms with Crippen molar-refractivity contribution in [3.05, 3.63) is 77.9 Å². The number of nitrogens with one attached hydrogen (secondary N) is 2. The molecule has 0 fully saturated rings. The molecular weight excluding hydrogens is 386 g/mol. The van der Waals surface area contributed by atoms with Crippen LogP contribution >= 0.6 is 0 Å². The van der Waals surface area contributed by atoms with Crippen molar-refractivity contribution in [1.29, 1.82) is 0 Å². The van der Waals surface area contributed by atoms with Crippen LogP contribution in [0.1, 0.15) is 15.9 Å². The molecule has 1 amide bonds. The fraction of sp³-hybridized carbons (Fsp3) is 0.0909. The van der Waals surface area contributed by atoms with Crippen LogP contribution in [0.5, 0.6) is 0 Å². The van der Waals surface area contributed by atoms with Crippen LogP contribution in [-0.2, 0) is 9.84 Å². The number of H-pyrrole nitrogens is 1. The van der Waals surface area contributed by atoms with Crippen molar-refractivity contribution >= 4 is 32.5 Å². The van der Waals surface area contributed by atoms with Crippen LogP contribution in [-0.4, -0.2) is 30.5 Å². The first-order valence-corrected chi connectivity index (χ1v) is 10.9. The molecule has 0 aliphatic carbocycles. The number of sulfone groups is 1. The summed E-state index contributed by atoms with van der Waals surface area (Å²) in [5, 5.41) is 2.80. The lowest BCUT2D eigenvalue weighted by atomic mass is 10.1. The van der Waals surface area contributed by atoms with Crippen LogP contribution in [0.4, 0.5) is 5.69 Å². The van der Waals surface area contributed by atoms with Crippen LogP contribution in [0.25, 0.3) is 22.4 Å². The summed E-state index contributed by atoms with van der Waals surface area (Å²) in [6.07, 6.45) is 1.13. The number of para-hydroxylation sites is 2. The van der Waals surface area contributed by atoms with Gasteiger partial charge in [0.15, 0.2) is 9.84 Å². The van der Waals surface area contributed by atoms with Gasteiger partial charge in [-0.2, -0.15) is 0 Å². The molecule has 0 bridgehead atoms. The van der Waals surface area contributed by atoms with Gasteiger partial charge in [0.05, 0.1) is 15.9 Å². The van der Waals surface area contributed by atoms with E-state index < -0.39 is 9.84 Å². The Morgan fingerprint density at radius 1 is 1.00 bits per heavy atom. The van der Waals surface area contributed by atoms with Crippen molar-refractivity contribution in [1.82, 2.24) is 9.97 Å². The smallest absolute Gasteiger partial charge is 0.255 e. The predicted octanol–water partition coefficient (Wildman–Crippen LogP) is 4.19. The third-order valence-corrected chi connectivity index (χ3v) is 5.89. The van der Waals surface area contributed by atoms with E-state index in [4.69, 9.17) is 0 Å². The number of aromatic amines is 1. The second kappa shape index (κ2) is 7.18. The number of hydrogen-bond donors (Lipinski definition) is 2. The lowest BCUT2D eigenvalue weighted by molar-refractivity contribution is 0.102. The normalized spacial score (nSPS) is 11.5. The van der Waals surface area contributed by atoms with Crippen molar-refractivity contribution in [2.75, 3.05) is 11.6 Å². The summed E-state index contributed by atoms with van der Waals surface area (Å²) in [4.78, 5) is 20.5. The van der Waals surface area contributed by atoms with E-state index in [-0.39, 0.29) is 16.4 Å². The first kappa shape index (κ1) is 18.9. The fourth-order valence-corrected chi connectivity index (χ4v) is 4.14. The van der Waals surface area contributed by atoms with Crippen molar-refractivity contribution in [2.45, 2.75) is 11.8 Å². The van der Waals surface area contributed by atoms with Gasteiger partial charge in [-0.05, 0) is 61.0 Å². The van der Waals surface area contributed by atoms with Gasteiger partial charge in [0.2, 0.25) is 0 Å². The number of carbonyl (C=O) groups excluding carboxylic acids is 1. The highest BCUT2D eigenvalue weighted by Crippen LogP contribution is 2.23. The topological polar surface area (TPSA) is 91.9 Å². The van der Waals surface area contributed by atoms with Crippen LogP contribution < -0.4 is 5.32 Å². The maximum absolute atomic E-state index is 12.6. The second-order valence-electron chi connectivity index (χ2n) is 6.89. The molecule has 29 heavy (non-hydrogen) atoms. The number of nitrogens with zero attached hydrogens (tertiary/aromatic N) is 1. The second-order valence-corrected chi connectivity index (χ2v) is 8.87. The highest BCUT2D eigenvalue weighted by atomic mass is 32.2. The molecule has 0 unspecified atom stereocenters. The number of imidazole rings is 1. The average molecular weight is 405 g/mol. The minimum Gasteiger partial charge on any atom is -0.338 e. The highest BCUT2D eigenvalue weighted by molar-refractivity contribution is 7.90. The number of aromatic nitrogens is 2. The number of aryl methyl sites for hydroxylation is 1. The van der Waals surface area contributed by atoms with E-state index in [2.05, 4.69) is 15.3 Å². The molecule has 2 N–H and O–H groups in total. The zero-order chi connectivity index (χ0) is 20.6. The summed E-state index contributed by atoms with van der Waals surface area (Å²) < 4.78 is 23.8. The minimum atomic E-state index is -3.40. The number of amides is 1. The van der Waals surface area contributed by atoms with Gasteiger partial charge in [0.1, 0.15) is 5.82 Å². The zero-order valence-corrected chi connectivity index (χ0v) is 16.7. The van der Waals surface area contributed by atoms with E-state index in [0.717, 1.165) is 28.7 Å². The molecule has 7 heteroatoms. The third kappa shape index (κ3) is 3.90. The Hall–Kier alpha value is -3.45. The molecular formula is C22H19N3O3S. The summed E-state index contributed by atoms with van der Waals surface area (Å²) in [6.45, 7) is 1.70.